The average molecular weight is 381 g/mol. The van der Waals surface area contributed by atoms with E-state index in [2.05, 4.69) is 10.2 Å². The predicted molar refractivity (Wildman–Crippen MR) is 101 cm³/mol. The molecule has 0 radical (unpaired) electrons. The van der Waals surface area contributed by atoms with Gasteiger partial charge >= 0.3 is 0 Å². The smallest absolute Gasteiger partial charge is 0.281 e. The Morgan fingerprint density at radius 3 is 2.57 bits per heavy atom. The molecule has 0 atom stereocenters. The zero-order chi connectivity index (χ0) is 20.4. The molecule has 1 aliphatic rings. The fourth-order valence-electron chi connectivity index (χ4n) is 3.49. The van der Waals surface area contributed by atoms with E-state index in [0.29, 0.717) is 5.56 Å². The van der Waals surface area contributed by atoms with Crippen LogP contribution in [0.25, 0.3) is 0 Å². The van der Waals surface area contributed by atoms with Crippen LogP contribution in [0.3, 0.4) is 0 Å². The van der Waals surface area contributed by atoms with Gasteiger partial charge in [0.15, 0.2) is 5.69 Å². The summed E-state index contributed by atoms with van der Waals surface area (Å²) in [4.78, 5) is 23.5. The third kappa shape index (κ3) is 3.36. The second-order valence-electron chi connectivity index (χ2n) is 6.83. The first-order valence-electron chi connectivity index (χ1n) is 8.90. The molecule has 2 aromatic rings. The number of azo groups is 1. The van der Waals surface area contributed by atoms with Gasteiger partial charge in [0.25, 0.3) is 11.2 Å². The molecule has 1 aliphatic carbocycles. The summed E-state index contributed by atoms with van der Waals surface area (Å²) in [6.45, 7) is 3.13. The Kier molecular flexibility index (Phi) is 5.22. The predicted octanol–water partition coefficient (Wildman–Crippen LogP) is 4.48. The number of nitro groups is 1. The van der Waals surface area contributed by atoms with Gasteiger partial charge in [-0.25, -0.2) is 0 Å². The molecule has 0 spiro atoms. The molecule has 1 fully saturated rings. The highest BCUT2D eigenvalue weighted by Crippen LogP contribution is 2.35. The first kappa shape index (κ1) is 19.2. The summed E-state index contributed by atoms with van der Waals surface area (Å²) in [7, 11) is 0. The number of benzene rings is 1. The SMILES string of the molecule is Cc1ccc(N=Nc2c(C)c(C#N)c(O)n(C3CCCC3)c2=O)cc1[N+](=O)[O-]. The molecule has 0 aliphatic heterocycles. The van der Waals surface area contributed by atoms with Crippen molar-refractivity contribution in [2.45, 2.75) is 45.6 Å². The zero-order valence-corrected chi connectivity index (χ0v) is 15.5. The van der Waals surface area contributed by atoms with E-state index >= 15 is 0 Å². The van der Waals surface area contributed by atoms with E-state index in [9.17, 15) is 25.3 Å². The Labute approximate surface area is 160 Å². The van der Waals surface area contributed by atoms with Crippen LogP contribution in [-0.2, 0) is 0 Å². The van der Waals surface area contributed by atoms with Gasteiger partial charge in [0.2, 0.25) is 5.88 Å². The van der Waals surface area contributed by atoms with Crippen LogP contribution in [0.5, 0.6) is 5.88 Å². The van der Waals surface area contributed by atoms with Crippen molar-refractivity contribution < 1.29 is 10.0 Å². The fraction of sp³-hybridized carbons (Fsp3) is 0.368. The maximum atomic E-state index is 12.9. The summed E-state index contributed by atoms with van der Waals surface area (Å²) in [5, 5.41) is 38.9. The topological polar surface area (TPSA) is 134 Å². The Bertz CT molecular complexity index is 1080. The maximum absolute atomic E-state index is 12.9. The molecule has 28 heavy (non-hydrogen) atoms. The van der Waals surface area contributed by atoms with E-state index in [0.717, 1.165) is 25.7 Å². The van der Waals surface area contributed by atoms with Crippen LogP contribution in [0.2, 0.25) is 0 Å². The van der Waals surface area contributed by atoms with Gasteiger partial charge in [-0.3, -0.25) is 19.5 Å². The van der Waals surface area contributed by atoms with Crippen molar-refractivity contribution in [2.75, 3.05) is 0 Å². The molecular weight excluding hydrogens is 362 g/mol. The van der Waals surface area contributed by atoms with Crippen molar-refractivity contribution in [1.29, 1.82) is 5.26 Å². The Morgan fingerprint density at radius 2 is 1.96 bits per heavy atom. The van der Waals surface area contributed by atoms with E-state index in [1.54, 1.807) is 19.1 Å². The number of nitriles is 1. The van der Waals surface area contributed by atoms with Gasteiger partial charge in [0.05, 0.1) is 10.6 Å². The third-order valence-electron chi connectivity index (χ3n) is 5.06. The van der Waals surface area contributed by atoms with Gasteiger partial charge < -0.3 is 5.11 Å². The summed E-state index contributed by atoms with van der Waals surface area (Å²) < 4.78 is 1.23. The minimum absolute atomic E-state index is 0.0182. The van der Waals surface area contributed by atoms with Crippen molar-refractivity contribution in [3.63, 3.8) is 0 Å². The van der Waals surface area contributed by atoms with Gasteiger partial charge in [-0.1, -0.05) is 18.9 Å². The molecule has 1 heterocycles. The summed E-state index contributed by atoms with van der Waals surface area (Å²) in [5.41, 5.74) is 0.242. The summed E-state index contributed by atoms with van der Waals surface area (Å²) in [5.74, 6) is -0.346. The number of nitro benzene ring substituents is 1. The quantitative estimate of drug-likeness (QED) is 0.473. The fourth-order valence-corrected chi connectivity index (χ4v) is 3.49. The zero-order valence-electron chi connectivity index (χ0n) is 15.5. The number of hydrogen-bond acceptors (Lipinski definition) is 7. The second-order valence-corrected chi connectivity index (χ2v) is 6.83. The Hall–Kier alpha value is -3.54. The van der Waals surface area contributed by atoms with E-state index in [1.165, 1.54) is 17.6 Å². The van der Waals surface area contributed by atoms with Crippen LogP contribution in [-0.4, -0.2) is 14.6 Å². The van der Waals surface area contributed by atoms with Crippen molar-refractivity contribution >= 4 is 17.1 Å². The molecule has 0 amide bonds. The van der Waals surface area contributed by atoms with Crippen LogP contribution >= 0.6 is 0 Å². The van der Waals surface area contributed by atoms with Crippen LogP contribution < -0.4 is 5.56 Å². The van der Waals surface area contributed by atoms with Crippen LogP contribution in [0.1, 0.15) is 48.4 Å². The highest BCUT2D eigenvalue weighted by Gasteiger charge is 2.26. The van der Waals surface area contributed by atoms with E-state index in [4.69, 9.17) is 0 Å². The standard InChI is InChI=1S/C19H19N5O4/c1-11-7-8-13(9-16(11)24(27)28)21-22-17-12(2)15(10-20)18(25)23(19(17)26)14-5-3-4-6-14/h7-9,14,25H,3-6H2,1-2H3. The molecule has 3 rings (SSSR count). The van der Waals surface area contributed by atoms with Gasteiger partial charge in [0.1, 0.15) is 11.6 Å². The van der Waals surface area contributed by atoms with Crippen molar-refractivity contribution in [1.82, 2.24) is 4.57 Å². The molecule has 1 aromatic carbocycles. The maximum Gasteiger partial charge on any atom is 0.281 e. The number of hydrogen-bond donors (Lipinski definition) is 1. The summed E-state index contributed by atoms with van der Waals surface area (Å²) >= 11 is 0. The molecule has 1 aromatic heterocycles. The number of rotatable bonds is 4. The first-order valence-corrected chi connectivity index (χ1v) is 8.90. The normalized spacial score (nSPS) is 14.5. The number of nitrogens with zero attached hydrogens (tertiary/aromatic N) is 5. The molecule has 1 N–H and O–H groups in total. The van der Waals surface area contributed by atoms with E-state index in [-0.39, 0.29) is 40.1 Å². The molecule has 0 saturated heterocycles. The molecular formula is C19H19N5O4. The second kappa shape index (κ2) is 7.60. The Balaban J connectivity index is 2.12. The van der Waals surface area contributed by atoms with E-state index in [1.807, 2.05) is 6.07 Å². The minimum Gasteiger partial charge on any atom is -0.493 e. The van der Waals surface area contributed by atoms with Crippen LogP contribution in [0.4, 0.5) is 17.1 Å². The van der Waals surface area contributed by atoms with Crippen molar-refractivity contribution in [2.24, 2.45) is 10.2 Å². The van der Waals surface area contributed by atoms with Crippen LogP contribution in [0, 0.1) is 35.3 Å². The van der Waals surface area contributed by atoms with Crippen molar-refractivity contribution in [3.05, 3.63) is 55.4 Å². The molecule has 9 heteroatoms. The third-order valence-corrected chi connectivity index (χ3v) is 5.06. The van der Waals surface area contributed by atoms with E-state index < -0.39 is 10.5 Å². The van der Waals surface area contributed by atoms with Crippen LogP contribution in [0.15, 0.2) is 33.2 Å². The molecule has 0 unspecified atom stereocenters. The lowest BCUT2D eigenvalue weighted by molar-refractivity contribution is -0.385. The summed E-state index contributed by atoms with van der Waals surface area (Å²) in [6.07, 6.45) is 3.36. The molecule has 9 nitrogen and oxygen atoms in total. The lowest BCUT2D eigenvalue weighted by Gasteiger charge is -2.18. The lowest BCUT2D eigenvalue weighted by Crippen LogP contribution is -2.24. The molecule has 1 saturated carbocycles. The molecule has 144 valence electrons. The largest absolute Gasteiger partial charge is 0.493 e. The number of aryl methyl sites for hydroxylation is 1. The number of aromatic nitrogens is 1. The highest BCUT2D eigenvalue weighted by molar-refractivity contribution is 5.57. The van der Waals surface area contributed by atoms with Gasteiger partial charge in [-0.2, -0.15) is 10.4 Å². The molecule has 0 bridgehead atoms. The Morgan fingerprint density at radius 1 is 1.29 bits per heavy atom. The minimum atomic E-state index is -0.522. The van der Waals surface area contributed by atoms with Gasteiger partial charge in [-0.15, -0.1) is 5.11 Å². The lowest BCUT2D eigenvalue weighted by atomic mass is 10.1. The highest BCUT2D eigenvalue weighted by atomic mass is 16.6. The van der Waals surface area contributed by atoms with Gasteiger partial charge in [-0.05, 0) is 32.8 Å². The van der Waals surface area contributed by atoms with Gasteiger partial charge in [0, 0.05) is 23.2 Å². The monoisotopic (exact) mass is 381 g/mol. The first-order chi connectivity index (χ1) is 13.3. The van der Waals surface area contributed by atoms with Crippen molar-refractivity contribution in [3.8, 4) is 11.9 Å². The average Bonchev–Trinajstić information content (AvgIpc) is 3.17. The number of pyridine rings is 1. The summed E-state index contributed by atoms with van der Waals surface area (Å²) in [6, 6.07) is 6.12. The number of aromatic hydroxyl groups is 1.